The van der Waals surface area contributed by atoms with E-state index in [2.05, 4.69) is 10.2 Å². The van der Waals surface area contributed by atoms with Crippen LogP contribution >= 0.6 is 23.2 Å². The number of amides is 3. The minimum absolute atomic E-state index is 0.0958. The number of aliphatic hydroxyl groups is 1. The monoisotopic (exact) mass is 507 g/mol. The van der Waals surface area contributed by atoms with Gasteiger partial charge >= 0.3 is 6.03 Å². The number of aliphatic hydroxyl groups excluding tert-OH is 1. The van der Waals surface area contributed by atoms with Crippen LogP contribution < -0.4 is 15.0 Å². The van der Waals surface area contributed by atoms with E-state index in [4.69, 9.17) is 27.9 Å². The maximum absolute atomic E-state index is 14.9. The van der Waals surface area contributed by atoms with Gasteiger partial charge in [0.1, 0.15) is 11.6 Å². The number of β-amino-alcohol motifs (C(OH)–C–C–N with tert-alkyl or cyclic N) is 1. The number of benzene rings is 2. The summed E-state index contributed by atoms with van der Waals surface area (Å²) in [6.45, 7) is 4.35. The number of anilines is 1. The molecule has 2 heterocycles. The lowest BCUT2D eigenvalue weighted by Crippen LogP contribution is -2.40. The second-order valence-electron chi connectivity index (χ2n) is 9.51. The highest BCUT2D eigenvalue weighted by molar-refractivity contribution is 6.35. The highest BCUT2D eigenvalue weighted by Gasteiger charge is 2.46. The van der Waals surface area contributed by atoms with E-state index >= 15 is 0 Å². The molecular weight excluding hydrogens is 484 g/mol. The fourth-order valence-corrected chi connectivity index (χ4v) is 5.58. The smallest absolute Gasteiger partial charge is 0.329 e. The maximum atomic E-state index is 14.9. The number of nitrogens with zero attached hydrogens (tertiary/aromatic N) is 2. The van der Waals surface area contributed by atoms with E-state index in [0.29, 0.717) is 36.0 Å². The van der Waals surface area contributed by atoms with E-state index in [9.17, 15) is 19.1 Å². The van der Waals surface area contributed by atoms with Gasteiger partial charge in [-0.2, -0.15) is 0 Å². The zero-order valence-corrected chi connectivity index (χ0v) is 20.2. The molecule has 5 rings (SSSR count). The lowest BCUT2D eigenvalue weighted by Gasteiger charge is -2.30. The van der Waals surface area contributed by atoms with Crippen molar-refractivity contribution in [3.05, 3.63) is 57.3 Å². The zero-order valence-electron chi connectivity index (χ0n) is 18.6. The first-order valence-corrected chi connectivity index (χ1v) is 11.8. The number of carbonyl (C=O) groups excluding carboxylic acids is 2. The second kappa shape index (κ2) is 8.37. The SMILES string of the molecule is CC1(C)NC(=O)N(c2ccc(F)c(O[C@H]3c4cc(Cl)cc(Cl)c4C[C@H]3N3CC[C@@H](O)C3)c2)C1=O. The van der Waals surface area contributed by atoms with Gasteiger partial charge in [-0.15, -0.1) is 0 Å². The van der Waals surface area contributed by atoms with Crippen LogP contribution in [0.3, 0.4) is 0 Å². The molecule has 2 aromatic rings. The van der Waals surface area contributed by atoms with Crippen LogP contribution in [0.25, 0.3) is 0 Å². The Balaban J connectivity index is 1.52. The van der Waals surface area contributed by atoms with Gasteiger partial charge in [0.25, 0.3) is 5.91 Å². The molecule has 7 nitrogen and oxygen atoms in total. The van der Waals surface area contributed by atoms with Crippen LogP contribution in [0.4, 0.5) is 14.9 Å². The predicted molar refractivity (Wildman–Crippen MR) is 126 cm³/mol. The molecule has 0 aromatic heterocycles. The maximum Gasteiger partial charge on any atom is 0.329 e. The van der Waals surface area contributed by atoms with Crippen LogP contribution in [0.15, 0.2) is 30.3 Å². The highest BCUT2D eigenvalue weighted by Crippen LogP contribution is 2.44. The molecule has 0 spiro atoms. The third kappa shape index (κ3) is 3.92. The van der Waals surface area contributed by atoms with Gasteiger partial charge in [-0.3, -0.25) is 9.69 Å². The summed E-state index contributed by atoms with van der Waals surface area (Å²) in [6.07, 6.45) is 0.151. The average molecular weight is 508 g/mol. The van der Waals surface area contributed by atoms with Crippen LogP contribution in [0.2, 0.25) is 10.0 Å². The van der Waals surface area contributed by atoms with Crippen LogP contribution in [0.5, 0.6) is 5.75 Å². The molecular formula is C24H24Cl2FN3O4. The second-order valence-corrected chi connectivity index (χ2v) is 10.4. The third-order valence-electron chi connectivity index (χ3n) is 6.72. The molecule has 10 heteroatoms. The fraction of sp³-hybridized carbons (Fsp3) is 0.417. The lowest BCUT2D eigenvalue weighted by molar-refractivity contribution is -0.121. The third-order valence-corrected chi connectivity index (χ3v) is 7.27. The molecule has 34 heavy (non-hydrogen) atoms. The molecule has 2 aromatic carbocycles. The number of hydrogen-bond donors (Lipinski definition) is 2. The minimum atomic E-state index is -1.06. The first-order chi connectivity index (χ1) is 16.0. The van der Waals surface area contributed by atoms with Crippen molar-refractivity contribution < 1.29 is 23.8 Å². The molecule has 180 valence electrons. The first kappa shape index (κ1) is 23.4. The number of nitrogens with one attached hydrogen (secondary N) is 1. The molecule has 0 radical (unpaired) electrons. The molecule has 3 aliphatic rings. The molecule has 0 saturated carbocycles. The molecule has 2 N–H and O–H groups in total. The Morgan fingerprint density at radius 1 is 1.21 bits per heavy atom. The Labute approximate surface area is 206 Å². The lowest BCUT2D eigenvalue weighted by atomic mass is 10.1. The number of fused-ring (bicyclic) bond motifs is 1. The Kier molecular flexibility index (Phi) is 5.75. The number of hydrogen-bond acceptors (Lipinski definition) is 5. The van der Waals surface area contributed by atoms with Crippen molar-refractivity contribution >= 4 is 40.8 Å². The van der Waals surface area contributed by atoms with Gasteiger partial charge in [0, 0.05) is 34.8 Å². The van der Waals surface area contributed by atoms with E-state index in [-0.39, 0.29) is 17.5 Å². The van der Waals surface area contributed by atoms with Crippen molar-refractivity contribution in [2.24, 2.45) is 0 Å². The normalized spacial score (nSPS) is 26.2. The summed E-state index contributed by atoms with van der Waals surface area (Å²) in [5.41, 5.74) is 0.770. The molecule has 2 fully saturated rings. The Morgan fingerprint density at radius 3 is 2.62 bits per heavy atom. The Morgan fingerprint density at radius 2 is 1.97 bits per heavy atom. The zero-order chi connectivity index (χ0) is 24.4. The van der Waals surface area contributed by atoms with E-state index in [0.717, 1.165) is 16.0 Å². The van der Waals surface area contributed by atoms with Gasteiger partial charge in [-0.25, -0.2) is 14.1 Å². The van der Waals surface area contributed by atoms with Crippen LogP contribution in [-0.4, -0.2) is 52.7 Å². The average Bonchev–Trinajstić information content (AvgIpc) is 3.39. The van der Waals surface area contributed by atoms with Crippen molar-refractivity contribution in [1.29, 1.82) is 0 Å². The quantitative estimate of drug-likeness (QED) is 0.609. The number of imide groups is 1. The van der Waals surface area contributed by atoms with Gasteiger partial charge in [0.15, 0.2) is 11.6 Å². The standard InChI is InChI=1S/C24H24Cl2FN3O4/c1-24(2)22(32)30(23(33)28-24)13-3-4-18(27)20(9-13)34-21-16-7-12(25)8-17(26)15(16)10-19(21)29-6-5-14(31)11-29/h3-4,7-9,14,19,21,31H,5-6,10-11H2,1-2H3,(H,28,33)/t14-,19-,21+/m1/s1. The summed E-state index contributed by atoms with van der Waals surface area (Å²) < 4.78 is 21.2. The van der Waals surface area contributed by atoms with Gasteiger partial charge in [-0.1, -0.05) is 23.2 Å². The summed E-state index contributed by atoms with van der Waals surface area (Å²) >= 11 is 12.7. The van der Waals surface area contributed by atoms with E-state index in [1.54, 1.807) is 26.0 Å². The van der Waals surface area contributed by atoms with Crippen molar-refractivity contribution in [2.75, 3.05) is 18.0 Å². The Hall–Kier alpha value is -2.39. The number of urea groups is 1. The molecule has 2 aliphatic heterocycles. The minimum Gasteiger partial charge on any atom is -0.481 e. The summed E-state index contributed by atoms with van der Waals surface area (Å²) in [6, 6.07) is 6.55. The van der Waals surface area contributed by atoms with Crippen molar-refractivity contribution in [1.82, 2.24) is 10.2 Å². The first-order valence-electron chi connectivity index (χ1n) is 11.1. The van der Waals surface area contributed by atoms with E-state index in [1.165, 1.54) is 18.2 Å². The van der Waals surface area contributed by atoms with Gasteiger partial charge in [0.2, 0.25) is 0 Å². The largest absolute Gasteiger partial charge is 0.481 e. The highest BCUT2D eigenvalue weighted by atomic mass is 35.5. The molecule has 3 atom stereocenters. The number of carbonyl (C=O) groups is 2. The number of likely N-dealkylation sites (tertiary alicyclic amines) is 1. The number of rotatable bonds is 4. The van der Waals surface area contributed by atoms with Gasteiger partial charge < -0.3 is 15.2 Å². The Bertz CT molecular complexity index is 1190. The summed E-state index contributed by atoms with van der Waals surface area (Å²) in [7, 11) is 0. The van der Waals surface area contributed by atoms with Crippen LogP contribution in [0, 0.1) is 5.82 Å². The van der Waals surface area contributed by atoms with Crippen molar-refractivity contribution in [2.45, 2.75) is 50.5 Å². The van der Waals surface area contributed by atoms with Crippen molar-refractivity contribution in [3.8, 4) is 5.75 Å². The molecule has 1 aliphatic carbocycles. The number of halogens is 3. The summed E-state index contributed by atoms with van der Waals surface area (Å²) in [5.74, 6) is -1.16. The molecule has 3 amide bonds. The molecule has 0 bridgehead atoms. The van der Waals surface area contributed by atoms with E-state index in [1.807, 2.05) is 0 Å². The van der Waals surface area contributed by atoms with E-state index < -0.39 is 35.5 Å². The van der Waals surface area contributed by atoms with Crippen LogP contribution in [-0.2, 0) is 11.2 Å². The molecule has 0 unspecified atom stereocenters. The number of ether oxygens (including phenoxy) is 1. The fourth-order valence-electron chi connectivity index (χ4n) is 4.99. The summed E-state index contributed by atoms with van der Waals surface area (Å²) in [5, 5.41) is 13.6. The predicted octanol–water partition coefficient (Wildman–Crippen LogP) is 4.08. The topological polar surface area (TPSA) is 82.1 Å². The summed E-state index contributed by atoms with van der Waals surface area (Å²) in [4.78, 5) is 28.3. The van der Waals surface area contributed by atoms with Crippen molar-refractivity contribution in [3.63, 3.8) is 0 Å². The van der Waals surface area contributed by atoms with Gasteiger partial charge in [0.05, 0.1) is 17.8 Å². The van der Waals surface area contributed by atoms with Crippen LogP contribution in [0.1, 0.15) is 37.5 Å². The van der Waals surface area contributed by atoms with Gasteiger partial charge in [-0.05, 0) is 56.5 Å². The molecule has 2 saturated heterocycles.